The Balaban J connectivity index is 2.08. The molecule has 0 unspecified atom stereocenters. The predicted octanol–water partition coefficient (Wildman–Crippen LogP) is 0.763. The lowest BCUT2D eigenvalue weighted by Gasteiger charge is -2.06. The van der Waals surface area contributed by atoms with Crippen LogP contribution in [0, 0.1) is 6.92 Å². The Labute approximate surface area is 121 Å². The number of hydrogen-bond acceptors (Lipinski definition) is 6. The summed E-state index contributed by atoms with van der Waals surface area (Å²) in [5.74, 6) is 0. The van der Waals surface area contributed by atoms with Gasteiger partial charge >= 0.3 is 0 Å². The summed E-state index contributed by atoms with van der Waals surface area (Å²) in [6.07, 6.45) is 1.52. The minimum Gasteiger partial charge on any atom is -0.313 e. The van der Waals surface area contributed by atoms with Gasteiger partial charge in [0.25, 0.3) is 10.0 Å². The maximum Gasteiger partial charge on any atom is 0.258 e. The zero-order valence-corrected chi connectivity index (χ0v) is 12.9. The van der Waals surface area contributed by atoms with Crippen LogP contribution in [0.3, 0.4) is 0 Å². The average molecular weight is 315 g/mol. The van der Waals surface area contributed by atoms with Crippen molar-refractivity contribution in [3.8, 4) is 0 Å². The van der Waals surface area contributed by atoms with E-state index >= 15 is 0 Å². The molecule has 110 valence electrons. The van der Waals surface area contributed by atoms with Crippen LogP contribution in [-0.2, 0) is 23.1 Å². The van der Waals surface area contributed by atoms with E-state index in [-0.39, 0.29) is 11.6 Å². The summed E-state index contributed by atoms with van der Waals surface area (Å²) in [5.41, 5.74) is 1.33. The summed E-state index contributed by atoms with van der Waals surface area (Å²) in [5, 5.41) is 12.3. The van der Waals surface area contributed by atoms with Gasteiger partial charge in [-0.15, -0.1) is 11.3 Å². The molecule has 2 aromatic rings. The van der Waals surface area contributed by atoms with Crippen LogP contribution in [0.25, 0.3) is 0 Å². The summed E-state index contributed by atoms with van der Waals surface area (Å²) in [6, 6.07) is 0. The van der Waals surface area contributed by atoms with Gasteiger partial charge in [-0.2, -0.15) is 5.10 Å². The van der Waals surface area contributed by atoms with Gasteiger partial charge in [0.15, 0.2) is 5.03 Å². The summed E-state index contributed by atoms with van der Waals surface area (Å²) in [4.78, 5) is 4.22. The molecule has 0 fully saturated rings. The van der Waals surface area contributed by atoms with Crippen LogP contribution in [0.1, 0.15) is 23.2 Å². The van der Waals surface area contributed by atoms with Crippen LogP contribution in [-0.4, -0.2) is 30.1 Å². The molecule has 0 aliphatic carbocycles. The molecule has 2 heterocycles. The Morgan fingerprint density at radius 2 is 2.20 bits per heavy atom. The fraction of sp³-hybridized carbons (Fsp3) is 0.455. The second-order valence-corrected chi connectivity index (χ2v) is 6.95. The molecule has 2 aromatic heterocycles. The lowest BCUT2D eigenvalue weighted by molar-refractivity contribution is 0.573. The Kier molecular flexibility index (Phi) is 4.86. The molecule has 20 heavy (non-hydrogen) atoms. The van der Waals surface area contributed by atoms with Crippen LogP contribution >= 0.6 is 11.3 Å². The summed E-state index contributed by atoms with van der Waals surface area (Å²) in [6.45, 7) is 5.23. The van der Waals surface area contributed by atoms with Gasteiger partial charge in [-0.25, -0.2) is 18.1 Å². The van der Waals surface area contributed by atoms with E-state index in [4.69, 9.17) is 0 Å². The topological polar surface area (TPSA) is 99.8 Å². The average Bonchev–Trinajstić information content (AvgIpc) is 3.03. The second-order valence-electron chi connectivity index (χ2n) is 4.19. The lowest BCUT2D eigenvalue weighted by Crippen LogP contribution is -2.25. The van der Waals surface area contributed by atoms with Crippen molar-refractivity contribution in [1.82, 2.24) is 25.2 Å². The summed E-state index contributed by atoms with van der Waals surface area (Å²) >= 11 is 1.49. The van der Waals surface area contributed by atoms with Crippen LogP contribution in [0.4, 0.5) is 0 Å². The second kappa shape index (κ2) is 6.44. The largest absolute Gasteiger partial charge is 0.313 e. The fourth-order valence-electron chi connectivity index (χ4n) is 1.65. The molecule has 0 atom stereocenters. The summed E-state index contributed by atoms with van der Waals surface area (Å²) in [7, 11) is -3.61. The molecule has 0 aliphatic rings. The molecule has 0 spiro atoms. The molecular weight excluding hydrogens is 298 g/mol. The van der Waals surface area contributed by atoms with Gasteiger partial charge in [0.1, 0.15) is 0 Å². The molecule has 3 N–H and O–H groups in total. The van der Waals surface area contributed by atoms with E-state index < -0.39 is 10.0 Å². The zero-order valence-electron chi connectivity index (χ0n) is 11.3. The van der Waals surface area contributed by atoms with Gasteiger partial charge in [0.05, 0.1) is 23.4 Å². The van der Waals surface area contributed by atoms with Gasteiger partial charge in [-0.05, 0) is 13.5 Å². The maximum atomic E-state index is 12.2. The van der Waals surface area contributed by atoms with Crippen molar-refractivity contribution >= 4 is 21.4 Å². The Bertz CT molecular complexity index is 662. The molecule has 0 aromatic carbocycles. The third kappa shape index (κ3) is 3.63. The molecule has 0 bridgehead atoms. The van der Waals surface area contributed by atoms with Crippen LogP contribution in [0.15, 0.2) is 16.6 Å². The fourth-order valence-corrected chi connectivity index (χ4v) is 3.39. The number of rotatable bonds is 7. The van der Waals surface area contributed by atoms with Gasteiger partial charge in [-0.3, -0.25) is 5.10 Å². The van der Waals surface area contributed by atoms with Crippen molar-refractivity contribution in [2.75, 3.05) is 6.54 Å². The molecule has 2 rings (SSSR count). The normalized spacial score (nSPS) is 11.9. The van der Waals surface area contributed by atoms with Crippen molar-refractivity contribution in [2.45, 2.75) is 32.0 Å². The number of sulfonamides is 1. The van der Waals surface area contributed by atoms with Crippen molar-refractivity contribution in [3.63, 3.8) is 0 Å². The molecule has 9 heteroatoms. The SMILES string of the molecule is CCNCc1cn[nH]c1S(=O)(=O)NCc1csc(C)n1. The first-order valence-electron chi connectivity index (χ1n) is 6.16. The van der Waals surface area contributed by atoms with E-state index in [1.807, 2.05) is 19.2 Å². The summed E-state index contributed by atoms with van der Waals surface area (Å²) < 4.78 is 27.0. The highest BCUT2D eigenvalue weighted by Crippen LogP contribution is 2.13. The minimum atomic E-state index is -3.61. The number of nitrogens with zero attached hydrogens (tertiary/aromatic N) is 2. The number of aryl methyl sites for hydroxylation is 1. The van der Waals surface area contributed by atoms with Gasteiger partial charge in [0.2, 0.25) is 0 Å². The van der Waals surface area contributed by atoms with E-state index in [0.717, 1.165) is 11.6 Å². The van der Waals surface area contributed by atoms with Crippen LogP contribution in [0.2, 0.25) is 0 Å². The third-order valence-corrected chi connectivity index (χ3v) is 4.86. The number of H-pyrrole nitrogens is 1. The quantitative estimate of drug-likeness (QED) is 0.700. The van der Waals surface area contributed by atoms with E-state index in [2.05, 4.69) is 25.2 Å². The maximum absolute atomic E-state index is 12.2. The molecular formula is C11H17N5O2S2. The van der Waals surface area contributed by atoms with E-state index in [1.54, 1.807) is 0 Å². The number of aromatic nitrogens is 3. The number of nitrogens with one attached hydrogen (secondary N) is 3. The van der Waals surface area contributed by atoms with E-state index in [1.165, 1.54) is 17.5 Å². The Morgan fingerprint density at radius 1 is 1.40 bits per heavy atom. The predicted molar refractivity (Wildman–Crippen MR) is 76.8 cm³/mol. The first kappa shape index (κ1) is 15.1. The molecule has 0 saturated carbocycles. The number of aromatic amines is 1. The first-order chi connectivity index (χ1) is 9.53. The molecule has 0 radical (unpaired) electrons. The number of hydrogen-bond donors (Lipinski definition) is 3. The lowest BCUT2D eigenvalue weighted by atomic mass is 10.3. The van der Waals surface area contributed by atoms with Gasteiger partial charge in [0, 0.05) is 17.5 Å². The van der Waals surface area contributed by atoms with Gasteiger partial charge < -0.3 is 5.32 Å². The first-order valence-corrected chi connectivity index (χ1v) is 8.53. The number of thiazole rings is 1. The van der Waals surface area contributed by atoms with Crippen molar-refractivity contribution in [1.29, 1.82) is 0 Å². The van der Waals surface area contributed by atoms with Crippen LogP contribution in [0.5, 0.6) is 0 Å². The van der Waals surface area contributed by atoms with Crippen molar-refractivity contribution in [2.24, 2.45) is 0 Å². The highest BCUT2D eigenvalue weighted by atomic mass is 32.2. The van der Waals surface area contributed by atoms with Gasteiger partial charge in [-0.1, -0.05) is 6.92 Å². The zero-order chi connectivity index (χ0) is 14.6. The molecule has 0 saturated heterocycles. The third-order valence-electron chi connectivity index (χ3n) is 2.62. The Morgan fingerprint density at radius 3 is 2.85 bits per heavy atom. The van der Waals surface area contributed by atoms with Crippen molar-refractivity contribution in [3.05, 3.63) is 27.8 Å². The smallest absolute Gasteiger partial charge is 0.258 e. The molecule has 0 aliphatic heterocycles. The molecule has 0 amide bonds. The highest BCUT2D eigenvalue weighted by Gasteiger charge is 2.20. The van der Waals surface area contributed by atoms with E-state index in [0.29, 0.717) is 17.8 Å². The molecule has 7 nitrogen and oxygen atoms in total. The monoisotopic (exact) mass is 315 g/mol. The minimum absolute atomic E-state index is 0.102. The standard InChI is InChI=1S/C11H17N5O2S2/c1-3-12-4-9-5-13-16-11(9)20(17,18)14-6-10-7-19-8(2)15-10/h5,7,12,14H,3-4,6H2,1-2H3,(H,13,16). The Hall–Kier alpha value is -1.29. The van der Waals surface area contributed by atoms with Crippen LogP contribution < -0.4 is 10.0 Å². The van der Waals surface area contributed by atoms with E-state index in [9.17, 15) is 8.42 Å². The van der Waals surface area contributed by atoms with Crippen molar-refractivity contribution < 1.29 is 8.42 Å². The highest BCUT2D eigenvalue weighted by molar-refractivity contribution is 7.89.